The number of halogens is 2. The Kier molecular flexibility index (Phi) is 6.98. The maximum atomic E-state index is 16.1. The van der Waals surface area contributed by atoms with Crippen molar-refractivity contribution in [1.82, 2.24) is 24.8 Å². The minimum absolute atomic E-state index is 0.0282. The Morgan fingerprint density at radius 1 is 1.10 bits per heavy atom. The van der Waals surface area contributed by atoms with Gasteiger partial charge in [0.25, 0.3) is 5.91 Å². The van der Waals surface area contributed by atoms with Crippen LogP contribution in [0.1, 0.15) is 47.8 Å². The Morgan fingerprint density at radius 2 is 1.97 bits per heavy atom. The molecule has 2 saturated heterocycles. The molecule has 0 radical (unpaired) electrons. The first-order valence-electron chi connectivity index (χ1n) is 13.7. The van der Waals surface area contributed by atoms with Gasteiger partial charge in [-0.25, -0.2) is 9.37 Å². The fraction of sp³-hybridized carbons (Fsp3) is 0.519. The van der Waals surface area contributed by atoms with E-state index in [1.165, 1.54) is 18.2 Å². The number of hydrogen-bond acceptors (Lipinski definition) is 8. The molecule has 2 bridgehead atoms. The van der Waals surface area contributed by atoms with E-state index in [2.05, 4.69) is 5.32 Å². The van der Waals surface area contributed by atoms with Crippen LogP contribution in [0.5, 0.6) is 5.75 Å². The monoisotopic (exact) mass is 540 g/mol. The number of piperidine rings is 1. The second kappa shape index (κ2) is 10.6. The normalized spacial score (nSPS) is 22.8. The van der Waals surface area contributed by atoms with Gasteiger partial charge in [-0.2, -0.15) is 14.0 Å². The third-order valence-electron chi connectivity index (χ3n) is 7.85. The zero-order valence-electron chi connectivity index (χ0n) is 22.1. The summed E-state index contributed by atoms with van der Waals surface area (Å²) in [5, 5.41) is 8.11. The van der Waals surface area contributed by atoms with Gasteiger partial charge in [0.1, 0.15) is 18.2 Å². The van der Waals surface area contributed by atoms with Crippen molar-refractivity contribution in [2.45, 2.75) is 37.8 Å². The molecule has 2 unspecified atom stereocenters. The van der Waals surface area contributed by atoms with Gasteiger partial charge in [0, 0.05) is 58.4 Å². The molecule has 1 amide bonds. The van der Waals surface area contributed by atoms with Gasteiger partial charge in [0.05, 0.1) is 17.3 Å². The highest BCUT2D eigenvalue weighted by atomic mass is 19.1. The van der Waals surface area contributed by atoms with Crippen molar-refractivity contribution in [3.63, 3.8) is 0 Å². The number of carbonyl (C=O) groups excluding carboxylic acids is 1. The first-order valence-corrected chi connectivity index (χ1v) is 13.7. The molecule has 5 heterocycles. The maximum absolute atomic E-state index is 16.1. The topological polar surface area (TPSA) is 104 Å². The SMILES string of the molecule is CN1CCNCCOc2ccc(F)cc2C(=O)N2CCCCC2c2cc3nc(N4CCC(N)C4)c(F)c1n3n2. The van der Waals surface area contributed by atoms with Gasteiger partial charge >= 0.3 is 0 Å². The highest BCUT2D eigenvalue weighted by Crippen LogP contribution is 2.36. The zero-order chi connectivity index (χ0) is 27.1. The van der Waals surface area contributed by atoms with E-state index >= 15 is 4.39 Å². The van der Waals surface area contributed by atoms with Crippen molar-refractivity contribution in [1.29, 1.82) is 0 Å². The van der Waals surface area contributed by atoms with Crippen molar-refractivity contribution in [2.75, 3.05) is 62.7 Å². The molecule has 39 heavy (non-hydrogen) atoms. The van der Waals surface area contributed by atoms with Crippen LogP contribution in [-0.4, -0.2) is 84.4 Å². The standard InChI is InChI=1S/C27H34F2N8O2/c1-34-12-8-31-9-13-39-22-6-5-17(28)14-19(22)27(38)36-10-3-2-4-21(36)20-15-23-32-25(35-11-7-18(30)16-35)24(29)26(34)37(23)33-20/h5-6,14-15,18,21,31H,2-4,7-13,16,30H2,1H3. The number of anilines is 2. The van der Waals surface area contributed by atoms with Gasteiger partial charge in [-0.15, -0.1) is 0 Å². The van der Waals surface area contributed by atoms with E-state index < -0.39 is 11.6 Å². The van der Waals surface area contributed by atoms with E-state index in [0.717, 1.165) is 19.3 Å². The Labute approximate surface area is 225 Å². The molecule has 1 aromatic carbocycles. The predicted octanol–water partition coefficient (Wildman–Crippen LogP) is 2.33. The molecule has 0 saturated carbocycles. The van der Waals surface area contributed by atoms with E-state index in [0.29, 0.717) is 75.2 Å². The zero-order valence-corrected chi connectivity index (χ0v) is 22.1. The molecule has 10 nitrogen and oxygen atoms in total. The molecule has 3 aliphatic heterocycles. The lowest BCUT2D eigenvalue weighted by Gasteiger charge is -2.35. The molecule has 2 fully saturated rings. The number of nitrogens with one attached hydrogen (secondary N) is 1. The summed E-state index contributed by atoms with van der Waals surface area (Å²) in [5.41, 5.74) is 7.45. The van der Waals surface area contributed by atoms with Crippen LogP contribution in [0.15, 0.2) is 24.3 Å². The van der Waals surface area contributed by atoms with Crippen molar-refractivity contribution in [2.24, 2.45) is 5.73 Å². The molecule has 3 aromatic rings. The van der Waals surface area contributed by atoms with Crippen molar-refractivity contribution in [3.8, 4) is 5.75 Å². The predicted molar refractivity (Wildman–Crippen MR) is 143 cm³/mol. The lowest BCUT2D eigenvalue weighted by atomic mass is 9.98. The minimum Gasteiger partial charge on any atom is -0.491 e. The van der Waals surface area contributed by atoms with Gasteiger partial charge in [-0.05, 0) is 43.9 Å². The summed E-state index contributed by atoms with van der Waals surface area (Å²) in [4.78, 5) is 24.0. The van der Waals surface area contributed by atoms with Crippen LogP contribution in [0.25, 0.3) is 5.65 Å². The van der Waals surface area contributed by atoms with Crippen LogP contribution in [0.4, 0.5) is 20.4 Å². The molecule has 2 aromatic heterocycles. The Hall–Kier alpha value is -3.51. The minimum atomic E-state index is -0.499. The summed E-state index contributed by atoms with van der Waals surface area (Å²) >= 11 is 0. The van der Waals surface area contributed by atoms with Crippen LogP contribution in [0.3, 0.4) is 0 Å². The highest BCUT2D eigenvalue weighted by molar-refractivity contribution is 5.97. The molecule has 12 heteroatoms. The van der Waals surface area contributed by atoms with Crippen molar-refractivity contribution in [3.05, 3.63) is 47.2 Å². The molecule has 3 N–H and O–H groups in total. The average molecular weight is 541 g/mol. The van der Waals surface area contributed by atoms with Crippen LogP contribution < -0.4 is 25.6 Å². The number of nitrogens with two attached hydrogens (primary N) is 1. The Balaban J connectivity index is 1.48. The number of aromatic nitrogens is 3. The first kappa shape index (κ1) is 25.8. The molecular weight excluding hydrogens is 506 g/mol. The van der Waals surface area contributed by atoms with E-state index in [1.54, 1.807) is 9.42 Å². The third-order valence-corrected chi connectivity index (χ3v) is 7.85. The fourth-order valence-electron chi connectivity index (χ4n) is 5.80. The van der Waals surface area contributed by atoms with Crippen molar-refractivity contribution >= 4 is 23.2 Å². The average Bonchev–Trinajstić information content (AvgIpc) is 3.55. The maximum Gasteiger partial charge on any atom is 0.258 e. The number of carbonyl (C=O) groups is 1. The van der Waals surface area contributed by atoms with Crippen molar-refractivity contribution < 1.29 is 18.3 Å². The van der Waals surface area contributed by atoms with Gasteiger partial charge in [0.2, 0.25) is 5.82 Å². The largest absolute Gasteiger partial charge is 0.491 e. The third kappa shape index (κ3) is 4.87. The quantitative estimate of drug-likeness (QED) is 0.485. The number of likely N-dealkylation sites (N-methyl/N-ethyl adjacent to an activating group) is 1. The van der Waals surface area contributed by atoms with E-state index in [9.17, 15) is 9.18 Å². The second-order valence-electron chi connectivity index (χ2n) is 10.6. The summed E-state index contributed by atoms with van der Waals surface area (Å²) in [6.45, 7) is 3.54. The second-order valence-corrected chi connectivity index (χ2v) is 10.6. The van der Waals surface area contributed by atoms with Crippen LogP contribution >= 0.6 is 0 Å². The summed E-state index contributed by atoms with van der Waals surface area (Å²) in [6.07, 6.45) is 3.19. The van der Waals surface area contributed by atoms with Gasteiger partial charge in [0.15, 0.2) is 17.3 Å². The molecule has 0 spiro atoms. The molecular formula is C27H34F2N8O2. The summed E-state index contributed by atoms with van der Waals surface area (Å²) < 4.78 is 37.9. The van der Waals surface area contributed by atoms with Crippen LogP contribution in [0, 0.1) is 11.6 Å². The van der Waals surface area contributed by atoms with E-state index in [4.69, 9.17) is 20.6 Å². The fourth-order valence-corrected chi connectivity index (χ4v) is 5.80. The molecule has 2 atom stereocenters. The smallest absolute Gasteiger partial charge is 0.258 e. The molecule has 6 rings (SSSR count). The lowest BCUT2D eigenvalue weighted by Crippen LogP contribution is -2.39. The number of hydrogen-bond donors (Lipinski definition) is 2. The number of fused-ring (bicyclic) bond motifs is 4. The van der Waals surface area contributed by atoms with Crippen LogP contribution in [0.2, 0.25) is 0 Å². The molecule has 0 aliphatic carbocycles. The molecule has 3 aliphatic rings. The first-order chi connectivity index (χ1) is 18.9. The summed E-state index contributed by atoms with van der Waals surface area (Å²) in [7, 11) is 1.83. The lowest BCUT2D eigenvalue weighted by molar-refractivity contribution is 0.0600. The number of benzene rings is 1. The summed E-state index contributed by atoms with van der Waals surface area (Å²) in [5.74, 6) is -0.321. The van der Waals surface area contributed by atoms with Gasteiger partial charge in [-0.1, -0.05) is 0 Å². The number of ether oxygens (including phenoxy) is 1. The van der Waals surface area contributed by atoms with Crippen LogP contribution in [-0.2, 0) is 0 Å². The summed E-state index contributed by atoms with van der Waals surface area (Å²) in [6, 6.07) is 5.50. The number of amides is 1. The van der Waals surface area contributed by atoms with E-state index in [-0.39, 0.29) is 29.4 Å². The van der Waals surface area contributed by atoms with Gasteiger partial charge < -0.3 is 30.5 Å². The van der Waals surface area contributed by atoms with E-state index in [1.807, 2.05) is 22.9 Å². The molecule has 208 valence electrons. The van der Waals surface area contributed by atoms with Gasteiger partial charge in [-0.3, -0.25) is 4.79 Å². The number of rotatable bonds is 1. The Bertz CT molecular complexity index is 1380. The number of nitrogens with zero attached hydrogens (tertiary/aromatic N) is 6. The Morgan fingerprint density at radius 3 is 2.79 bits per heavy atom. The highest BCUT2D eigenvalue weighted by Gasteiger charge is 2.34.